The van der Waals surface area contributed by atoms with Gasteiger partial charge in [-0.2, -0.15) is 0 Å². The number of benzene rings is 1. The van der Waals surface area contributed by atoms with Crippen molar-refractivity contribution < 1.29 is 13.9 Å². The average molecular weight is 287 g/mol. The van der Waals surface area contributed by atoms with Gasteiger partial charge in [-0.15, -0.1) is 0 Å². The lowest BCUT2D eigenvalue weighted by molar-refractivity contribution is 0.0642. The Hall–Kier alpha value is -2.14. The summed E-state index contributed by atoms with van der Waals surface area (Å²) in [5, 5.41) is 3.56. The Morgan fingerprint density at radius 3 is 2.81 bits per heavy atom. The molecule has 1 aliphatic heterocycles. The van der Waals surface area contributed by atoms with Gasteiger partial charge in [-0.25, -0.2) is 4.79 Å². The minimum atomic E-state index is -0.599. The smallest absolute Gasteiger partial charge is 0.349 e. The molecule has 1 saturated heterocycles. The number of para-hydroxylation sites is 1. The first kappa shape index (κ1) is 13.8. The summed E-state index contributed by atoms with van der Waals surface area (Å²) in [6.45, 7) is 2.03. The van der Waals surface area contributed by atoms with Crippen LogP contribution < -0.4 is 10.9 Å². The highest BCUT2D eigenvalue weighted by Gasteiger charge is 2.17. The van der Waals surface area contributed by atoms with Crippen molar-refractivity contribution in [2.24, 2.45) is 5.92 Å². The lowest BCUT2D eigenvalue weighted by Gasteiger charge is -2.22. The van der Waals surface area contributed by atoms with Crippen molar-refractivity contribution in [3.8, 4) is 0 Å². The molecule has 0 atom stereocenters. The molecule has 2 heterocycles. The summed E-state index contributed by atoms with van der Waals surface area (Å²) < 4.78 is 10.5. The normalized spacial score (nSPS) is 16.0. The molecule has 0 saturated carbocycles. The Morgan fingerprint density at radius 1 is 1.24 bits per heavy atom. The molecule has 0 bridgehead atoms. The van der Waals surface area contributed by atoms with Crippen LogP contribution in [0.25, 0.3) is 11.0 Å². The lowest BCUT2D eigenvalue weighted by Crippen LogP contribution is -2.34. The van der Waals surface area contributed by atoms with Crippen LogP contribution in [0.4, 0.5) is 0 Å². The number of ether oxygens (including phenoxy) is 1. The third-order valence-electron chi connectivity index (χ3n) is 3.78. The molecule has 1 N–H and O–H groups in total. The standard InChI is InChI=1S/C16H17NO4/c18-15(17-10-11-5-7-20-8-6-11)13-9-12-3-1-2-4-14(12)21-16(13)19/h1-4,9,11H,5-8,10H2,(H,17,18). The third kappa shape index (κ3) is 3.13. The molecule has 1 aromatic carbocycles. The Morgan fingerprint density at radius 2 is 2.00 bits per heavy atom. The fraction of sp³-hybridized carbons (Fsp3) is 0.375. The van der Waals surface area contributed by atoms with Gasteiger partial charge in [-0.05, 0) is 30.9 Å². The molecule has 110 valence electrons. The highest BCUT2D eigenvalue weighted by atomic mass is 16.5. The Bertz CT molecular complexity index is 701. The topological polar surface area (TPSA) is 68.5 Å². The second kappa shape index (κ2) is 6.10. The molecule has 1 aromatic heterocycles. The van der Waals surface area contributed by atoms with Gasteiger partial charge in [-0.1, -0.05) is 18.2 Å². The maximum atomic E-state index is 12.1. The van der Waals surface area contributed by atoms with Crippen LogP contribution in [0, 0.1) is 5.92 Å². The quantitative estimate of drug-likeness (QED) is 0.876. The summed E-state index contributed by atoms with van der Waals surface area (Å²) in [7, 11) is 0. The molecule has 1 aliphatic rings. The second-order valence-corrected chi connectivity index (χ2v) is 5.25. The monoisotopic (exact) mass is 287 g/mol. The predicted octanol–water partition coefficient (Wildman–Crippen LogP) is 1.95. The summed E-state index contributed by atoms with van der Waals surface area (Å²) in [6, 6.07) is 8.73. The number of rotatable bonds is 3. The highest BCUT2D eigenvalue weighted by Crippen LogP contribution is 2.14. The van der Waals surface area contributed by atoms with Crippen molar-refractivity contribution in [2.45, 2.75) is 12.8 Å². The van der Waals surface area contributed by atoms with E-state index in [-0.39, 0.29) is 11.5 Å². The number of hydrogen-bond donors (Lipinski definition) is 1. The van der Waals surface area contributed by atoms with E-state index in [0.29, 0.717) is 18.0 Å². The van der Waals surface area contributed by atoms with Gasteiger partial charge in [0.15, 0.2) is 0 Å². The van der Waals surface area contributed by atoms with Crippen LogP contribution in [-0.2, 0) is 4.74 Å². The van der Waals surface area contributed by atoms with Crippen molar-refractivity contribution in [1.82, 2.24) is 5.32 Å². The van der Waals surface area contributed by atoms with Crippen LogP contribution in [-0.4, -0.2) is 25.7 Å². The molecular weight excluding hydrogens is 270 g/mol. The van der Waals surface area contributed by atoms with E-state index in [2.05, 4.69) is 5.32 Å². The van der Waals surface area contributed by atoms with Gasteiger partial charge in [0.1, 0.15) is 11.1 Å². The van der Waals surface area contributed by atoms with Crippen LogP contribution in [0.2, 0.25) is 0 Å². The van der Waals surface area contributed by atoms with E-state index >= 15 is 0 Å². The van der Waals surface area contributed by atoms with E-state index < -0.39 is 5.63 Å². The van der Waals surface area contributed by atoms with E-state index in [9.17, 15) is 9.59 Å². The van der Waals surface area contributed by atoms with Gasteiger partial charge in [-0.3, -0.25) is 4.79 Å². The van der Waals surface area contributed by atoms with Crippen molar-refractivity contribution >= 4 is 16.9 Å². The van der Waals surface area contributed by atoms with Crippen molar-refractivity contribution in [2.75, 3.05) is 19.8 Å². The van der Waals surface area contributed by atoms with Gasteiger partial charge in [0.05, 0.1) is 0 Å². The molecule has 1 fully saturated rings. The average Bonchev–Trinajstić information content (AvgIpc) is 2.53. The van der Waals surface area contributed by atoms with Gasteiger partial charge in [0, 0.05) is 25.1 Å². The molecule has 0 aliphatic carbocycles. The fourth-order valence-electron chi connectivity index (χ4n) is 2.50. The number of fused-ring (bicyclic) bond motifs is 1. The molecule has 0 radical (unpaired) electrons. The SMILES string of the molecule is O=C(NCC1CCOCC1)c1cc2ccccc2oc1=O. The molecule has 0 spiro atoms. The predicted molar refractivity (Wildman–Crippen MR) is 78.4 cm³/mol. The highest BCUT2D eigenvalue weighted by molar-refractivity contribution is 5.96. The van der Waals surface area contributed by atoms with Crippen LogP contribution in [0.3, 0.4) is 0 Å². The molecule has 5 nitrogen and oxygen atoms in total. The minimum Gasteiger partial charge on any atom is -0.422 e. The van der Waals surface area contributed by atoms with Crippen LogP contribution in [0.15, 0.2) is 39.5 Å². The van der Waals surface area contributed by atoms with Crippen molar-refractivity contribution in [1.29, 1.82) is 0 Å². The van der Waals surface area contributed by atoms with Gasteiger partial charge < -0.3 is 14.5 Å². The summed E-state index contributed by atoms with van der Waals surface area (Å²) in [5.41, 5.74) is -0.0533. The first-order valence-corrected chi connectivity index (χ1v) is 7.13. The zero-order valence-corrected chi connectivity index (χ0v) is 11.6. The summed E-state index contributed by atoms with van der Waals surface area (Å²) in [4.78, 5) is 24.0. The van der Waals surface area contributed by atoms with E-state index in [4.69, 9.17) is 9.15 Å². The Kier molecular flexibility index (Phi) is 4.01. The van der Waals surface area contributed by atoms with Crippen LogP contribution >= 0.6 is 0 Å². The summed E-state index contributed by atoms with van der Waals surface area (Å²) in [6.07, 6.45) is 1.87. The van der Waals surface area contributed by atoms with Crippen LogP contribution in [0.1, 0.15) is 23.2 Å². The number of nitrogens with one attached hydrogen (secondary N) is 1. The number of carbonyl (C=O) groups is 1. The number of hydrogen-bond acceptors (Lipinski definition) is 4. The second-order valence-electron chi connectivity index (χ2n) is 5.25. The summed E-state index contributed by atoms with van der Waals surface area (Å²) >= 11 is 0. The van der Waals surface area contributed by atoms with E-state index in [1.165, 1.54) is 0 Å². The van der Waals surface area contributed by atoms with Crippen molar-refractivity contribution in [3.63, 3.8) is 0 Å². The molecule has 0 unspecified atom stereocenters. The molecule has 1 amide bonds. The fourth-order valence-corrected chi connectivity index (χ4v) is 2.50. The first-order valence-electron chi connectivity index (χ1n) is 7.13. The maximum absolute atomic E-state index is 12.1. The van der Waals surface area contributed by atoms with Gasteiger partial charge >= 0.3 is 5.63 Å². The van der Waals surface area contributed by atoms with E-state index in [1.807, 2.05) is 12.1 Å². The molecule has 3 rings (SSSR count). The van der Waals surface area contributed by atoms with Gasteiger partial charge in [0.2, 0.25) is 0 Å². The van der Waals surface area contributed by atoms with Crippen molar-refractivity contribution in [3.05, 3.63) is 46.3 Å². The lowest BCUT2D eigenvalue weighted by atomic mass is 10.0. The largest absolute Gasteiger partial charge is 0.422 e. The van der Waals surface area contributed by atoms with E-state index in [1.54, 1.807) is 18.2 Å². The Balaban J connectivity index is 1.74. The third-order valence-corrected chi connectivity index (χ3v) is 3.78. The van der Waals surface area contributed by atoms with Crippen LogP contribution in [0.5, 0.6) is 0 Å². The zero-order valence-electron chi connectivity index (χ0n) is 11.6. The Labute approximate surface area is 121 Å². The maximum Gasteiger partial charge on any atom is 0.349 e. The molecule has 5 heteroatoms. The zero-order chi connectivity index (χ0) is 14.7. The van der Waals surface area contributed by atoms with Gasteiger partial charge in [0.25, 0.3) is 5.91 Å². The number of carbonyl (C=O) groups excluding carboxylic acids is 1. The first-order chi connectivity index (χ1) is 10.2. The van der Waals surface area contributed by atoms with E-state index in [0.717, 1.165) is 31.4 Å². The number of amides is 1. The minimum absolute atomic E-state index is 0.0563. The molecule has 21 heavy (non-hydrogen) atoms. The summed E-state index contributed by atoms with van der Waals surface area (Å²) in [5.74, 6) is 0.0381. The molecular formula is C16H17NO4. The molecule has 2 aromatic rings.